The van der Waals surface area contributed by atoms with Crippen LogP contribution in [0, 0.1) is 0 Å². The van der Waals surface area contributed by atoms with Gasteiger partial charge in [-0.15, -0.1) is 0 Å². The fourth-order valence-electron chi connectivity index (χ4n) is 1.43. The van der Waals surface area contributed by atoms with Crippen molar-refractivity contribution in [3.8, 4) is 0 Å². The van der Waals surface area contributed by atoms with Crippen LogP contribution in [0.5, 0.6) is 0 Å². The highest BCUT2D eigenvalue weighted by atomic mass is 35.5. The third kappa shape index (κ3) is 4.73. The molecule has 0 saturated heterocycles. The molecule has 98 valence electrons. The van der Waals surface area contributed by atoms with Crippen LogP contribution in [0.2, 0.25) is 5.02 Å². The quantitative estimate of drug-likeness (QED) is 0.853. The van der Waals surface area contributed by atoms with Gasteiger partial charge < -0.3 is 10.1 Å². The lowest BCUT2D eigenvalue weighted by molar-refractivity contribution is -0.682. The average molecular weight is 272 g/mol. The molecular formula is C12H16ClN2O3+. The fourth-order valence-corrected chi connectivity index (χ4v) is 1.62. The Bertz CT molecular complexity index is 437. The van der Waals surface area contributed by atoms with E-state index in [2.05, 4.69) is 10.1 Å². The number of halogens is 1. The molecule has 1 atom stereocenters. The number of hydrogen-bond acceptors (Lipinski definition) is 3. The lowest BCUT2D eigenvalue weighted by Crippen LogP contribution is -2.87. The van der Waals surface area contributed by atoms with Crippen molar-refractivity contribution in [2.45, 2.75) is 13.0 Å². The van der Waals surface area contributed by atoms with Gasteiger partial charge in [-0.2, -0.15) is 0 Å². The van der Waals surface area contributed by atoms with Crippen LogP contribution in [0.3, 0.4) is 0 Å². The number of nitrogens with two attached hydrogens (primary N) is 1. The molecule has 0 aliphatic carbocycles. The first-order chi connectivity index (χ1) is 8.52. The Morgan fingerprint density at radius 3 is 2.83 bits per heavy atom. The van der Waals surface area contributed by atoms with Gasteiger partial charge in [-0.25, -0.2) is 4.79 Å². The summed E-state index contributed by atoms with van der Waals surface area (Å²) in [6, 6.07) is 7.51. The number of methoxy groups -OCH3 is 1. The van der Waals surface area contributed by atoms with Gasteiger partial charge in [-0.1, -0.05) is 23.7 Å². The van der Waals surface area contributed by atoms with E-state index in [9.17, 15) is 9.59 Å². The smallest absolute Gasteiger partial charge is 0.413 e. The number of alkyl carbamates (subject to hydrolysis) is 1. The molecule has 5 nitrogen and oxygen atoms in total. The van der Waals surface area contributed by atoms with Gasteiger partial charge in [-0.3, -0.25) is 10.1 Å². The maximum atomic E-state index is 11.3. The van der Waals surface area contributed by atoms with Gasteiger partial charge in [0, 0.05) is 10.6 Å². The molecule has 18 heavy (non-hydrogen) atoms. The molecule has 0 heterocycles. The summed E-state index contributed by atoms with van der Waals surface area (Å²) < 4.78 is 4.33. The van der Waals surface area contributed by atoms with Crippen LogP contribution in [0.25, 0.3) is 0 Å². The van der Waals surface area contributed by atoms with Crippen LogP contribution in [-0.4, -0.2) is 25.7 Å². The van der Waals surface area contributed by atoms with E-state index in [1.807, 2.05) is 30.4 Å². The SMILES string of the molecule is COC(=O)NC(=O)C[NH2+][C@H](C)c1cccc(Cl)c1. The highest BCUT2D eigenvalue weighted by Crippen LogP contribution is 2.14. The maximum absolute atomic E-state index is 11.3. The van der Waals surface area contributed by atoms with Crippen molar-refractivity contribution >= 4 is 23.6 Å². The number of rotatable bonds is 4. The number of carbonyl (C=O) groups excluding carboxylic acids is 2. The molecule has 0 unspecified atom stereocenters. The predicted octanol–water partition coefficient (Wildman–Crippen LogP) is 0.847. The summed E-state index contributed by atoms with van der Waals surface area (Å²) in [5.74, 6) is -0.393. The van der Waals surface area contributed by atoms with Crippen LogP contribution in [0.15, 0.2) is 24.3 Å². The number of imide groups is 1. The summed E-state index contributed by atoms with van der Waals surface area (Å²) >= 11 is 5.88. The van der Waals surface area contributed by atoms with Gasteiger partial charge in [0.15, 0.2) is 6.54 Å². The molecule has 6 heteroatoms. The van der Waals surface area contributed by atoms with E-state index in [0.29, 0.717) is 5.02 Å². The summed E-state index contributed by atoms with van der Waals surface area (Å²) in [6.07, 6.45) is -0.746. The maximum Gasteiger partial charge on any atom is 0.413 e. The lowest BCUT2D eigenvalue weighted by Gasteiger charge is -2.10. The normalized spacial score (nSPS) is 11.7. The van der Waals surface area contributed by atoms with Gasteiger partial charge in [0.25, 0.3) is 5.91 Å². The van der Waals surface area contributed by atoms with Crippen LogP contribution in [-0.2, 0) is 9.53 Å². The molecule has 0 aliphatic rings. The minimum atomic E-state index is -0.746. The van der Waals surface area contributed by atoms with Crippen molar-refractivity contribution in [2.75, 3.05) is 13.7 Å². The minimum Gasteiger partial charge on any atom is -0.453 e. The molecule has 0 radical (unpaired) electrons. The third-order valence-electron chi connectivity index (χ3n) is 2.46. The van der Waals surface area contributed by atoms with E-state index in [0.717, 1.165) is 5.56 Å². The Hall–Kier alpha value is -1.59. The second-order valence-corrected chi connectivity index (χ2v) is 4.26. The van der Waals surface area contributed by atoms with Crippen LogP contribution >= 0.6 is 11.6 Å². The highest BCUT2D eigenvalue weighted by molar-refractivity contribution is 6.30. The van der Waals surface area contributed by atoms with Crippen LogP contribution in [0.4, 0.5) is 4.79 Å². The number of nitrogens with one attached hydrogen (secondary N) is 1. The van der Waals surface area contributed by atoms with Crippen LogP contribution in [0.1, 0.15) is 18.5 Å². The Kier molecular flexibility index (Phi) is 5.61. The topological polar surface area (TPSA) is 72.0 Å². The first kappa shape index (κ1) is 14.5. The minimum absolute atomic E-state index is 0.0760. The average Bonchev–Trinajstić information content (AvgIpc) is 2.35. The monoisotopic (exact) mass is 271 g/mol. The molecule has 0 saturated carbocycles. The Morgan fingerprint density at radius 1 is 1.50 bits per heavy atom. The second-order valence-electron chi connectivity index (χ2n) is 3.82. The molecule has 0 aliphatic heterocycles. The molecule has 0 spiro atoms. The highest BCUT2D eigenvalue weighted by Gasteiger charge is 2.13. The van der Waals surface area contributed by atoms with Crippen LogP contribution < -0.4 is 10.6 Å². The largest absolute Gasteiger partial charge is 0.453 e. The molecule has 1 rings (SSSR count). The predicted molar refractivity (Wildman–Crippen MR) is 67.2 cm³/mol. The zero-order valence-corrected chi connectivity index (χ0v) is 11.0. The number of amides is 2. The molecular weight excluding hydrogens is 256 g/mol. The van der Waals surface area contributed by atoms with E-state index in [1.165, 1.54) is 7.11 Å². The summed E-state index contributed by atoms with van der Waals surface area (Å²) in [7, 11) is 1.21. The molecule has 0 fully saturated rings. The van der Waals surface area contributed by atoms with E-state index < -0.39 is 12.0 Å². The first-order valence-electron chi connectivity index (χ1n) is 5.49. The lowest BCUT2D eigenvalue weighted by atomic mass is 10.1. The second kappa shape index (κ2) is 6.98. The molecule has 3 N–H and O–H groups in total. The zero-order valence-electron chi connectivity index (χ0n) is 10.3. The molecule has 1 aromatic rings. The molecule has 2 amide bonds. The Balaban J connectivity index is 2.44. The van der Waals surface area contributed by atoms with Gasteiger partial charge in [0.2, 0.25) is 0 Å². The van der Waals surface area contributed by atoms with Gasteiger partial charge >= 0.3 is 6.09 Å². The summed E-state index contributed by atoms with van der Waals surface area (Å²) in [6.45, 7) is 2.10. The van der Waals surface area contributed by atoms with E-state index >= 15 is 0 Å². The number of hydrogen-bond donors (Lipinski definition) is 2. The van der Waals surface area contributed by atoms with Gasteiger partial charge in [-0.05, 0) is 19.1 Å². The number of ether oxygens (including phenoxy) is 1. The van der Waals surface area contributed by atoms with Gasteiger partial charge in [0.1, 0.15) is 6.04 Å². The summed E-state index contributed by atoms with van der Waals surface area (Å²) in [5.41, 5.74) is 1.02. The van der Waals surface area contributed by atoms with E-state index in [1.54, 1.807) is 6.07 Å². The van der Waals surface area contributed by atoms with Crippen molar-refractivity contribution < 1.29 is 19.6 Å². The number of benzene rings is 1. The van der Waals surface area contributed by atoms with E-state index in [4.69, 9.17) is 11.6 Å². The molecule has 0 bridgehead atoms. The molecule has 1 aromatic carbocycles. The number of quaternary nitrogens is 1. The molecule has 0 aromatic heterocycles. The fraction of sp³-hybridized carbons (Fsp3) is 0.333. The first-order valence-corrected chi connectivity index (χ1v) is 5.87. The standard InChI is InChI=1S/C12H15ClN2O3/c1-8(9-4-3-5-10(13)6-9)14-7-11(16)15-12(17)18-2/h3-6,8,14H,7H2,1-2H3,(H,15,16,17)/p+1/t8-/m1/s1. The zero-order chi connectivity index (χ0) is 13.5. The van der Waals surface area contributed by atoms with Gasteiger partial charge in [0.05, 0.1) is 7.11 Å². The van der Waals surface area contributed by atoms with E-state index in [-0.39, 0.29) is 12.6 Å². The third-order valence-corrected chi connectivity index (χ3v) is 2.69. The summed E-state index contributed by atoms with van der Waals surface area (Å²) in [5, 5.41) is 4.56. The van der Waals surface area contributed by atoms with Crippen molar-refractivity contribution in [3.63, 3.8) is 0 Å². The number of carbonyl (C=O) groups is 2. The summed E-state index contributed by atoms with van der Waals surface area (Å²) in [4.78, 5) is 22.1. The Morgan fingerprint density at radius 2 is 2.22 bits per heavy atom. The van der Waals surface area contributed by atoms with Crippen molar-refractivity contribution in [1.82, 2.24) is 5.32 Å². The van der Waals surface area contributed by atoms with Crippen molar-refractivity contribution in [2.24, 2.45) is 0 Å². The van der Waals surface area contributed by atoms with Crippen molar-refractivity contribution in [1.29, 1.82) is 0 Å². The van der Waals surface area contributed by atoms with Crippen molar-refractivity contribution in [3.05, 3.63) is 34.9 Å². The Labute approximate surface area is 110 Å².